The van der Waals surface area contributed by atoms with Gasteiger partial charge in [0.05, 0.1) is 16.5 Å². The van der Waals surface area contributed by atoms with Crippen molar-refractivity contribution >= 4 is 33.5 Å². The van der Waals surface area contributed by atoms with Crippen molar-refractivity contribution in [3.05, 3.63) is 64.7 Å². The molecular formula is C19H18ClF3N2O5S. The first-order valence-electron chi connectivity index (χ1n) is 8.76. The molecule has 2 aromatic carbocycles. The maximum atomic E-state index is 12.7. The molecule has 0 aliphatic rings. The third-order valence-corrected chi connectivity index (χ3v) is 5.64. The molecule has 1 unspecified atom stereocenters. The third kappa shape index (κ3) is 7.53. The molecule has 0 aromatic heterocycles. The minimum absolute atomic E-state index is 0.400. The van der Waals surface area contributed by atoms with Gasteiger partial charge < -0.3 is 10.1 Å². The minimum atomic E-state index is -4.72. The second kappa shape index (κ2) is 10.1. The number of esters is 1. The summed E-state index contributed by atoms with van der Waals surface area (Å²) in [5.41, 5.74) is -0.387. The van der Waals surface area contributed by atoms with E-state index in [2.05, 4.69) is 10.1 Å². The lowest BCUT2D eigenvalue weighted by Crippen LogP contribution is -2.34. The molecule has 2 rings (SSSR count). The number of rotatable bonds is 8. The zero-order chi connectivity index (χ0) is 23.2. The Morgan fingerprint density at radius 2 is 1.77 bits per heavy atom. The molecule has 12 heteroatoms. The van der Waals surface area contributed by atoms with Crippen LogP contribution in [0.1, 0.15) is 24.1 Å². The molecule has 0 saturated heterocycles. The maximum absolute atomic E-state index is 12.7. The number of ether oxygens (including phenoxy) is 1. The van der Waals surface area contributed by atoms with E-state index >= 15 is 0 Å². The van der Waals surface area contributed by atoms with Crippen molar-refractivity contribution in [1.29, 1.82) is 0 Å². The Bertz CT molecular complexity index is 1040. The summed E-state index contributed by atoms with van der Waals surface area (Å²) in [5.74, 6) is -1.71. The molecule has 0 fully saturated rings. The number of sulfonamides is 1. The molecule has 0 aliphatic carbocycles. The fourth-order valence-electron chi connectivity index (χ4n) is 2.39. The molecule has 0 saturated carbocycles. The molecule has 31 heavy (non-hydrogen) atoms. The average Bonchev–Trinajstić information content (AvgIpc) is 2.70. The predicted octanol–water partition coefficient (Wildman–Crippen LogP) is 3.06. The Balaban J connectivity index is 1.84. The van der Waals surface area contributed by atoms with Gasteiger partial charge in [-0.15, -0.1) is 0 Å². The average molecular weight is 479 g/mol. The van der Waals surface area contributed by atoms with Gasteiger partial charge in [0.1, 0.15) is 6.54 Å². The first-order chi connectivity index (χ1) is 14.4. The molecule has 1 amide bonds. The van der Waals surface area contributed by atoms with Crippen molar-refractivity contribution in [3.8, 4) is 0 Å². The van der Waals surface area contributed by atoms with Crippen LogP contribution in [-0.4, -0.2) is 33.4 Å². The zero-order valence-corrected chi connectivity index (χ0v) is 17.6. The quantitative estimate of drug-likeness (QED) is 0.568. The smallest absolute Gasteiger partial charge is 0.416 e. The van der Waals surface area contributed by atoms with Gasteiger partial charge in [-0.25, -0.2) is 8.42 Å². The Morgan fingerprint density at radius 1 is 1.13 bits per heavy atom. The molecule has 2 N–H and O–H groups in total. The molecule has 0 spiro atoms. The van der Waals surface area contributed by atoms with Crippen molar-refractivity contribution in [2.24, 2.45) is 0 Å². The van der Waals surface area contributed by atoms with Gasteiger partial charge >= 0.3 is 12.1 Å². The number of hydrogen-bond acceptors (Lipinski definition) is 5. The number of halogens is 4. The van der Waals surface area contributed by atoms with E-state index in [4.69, 9.17) is 11.6 Å². The fraction of sp³-hybridized carbons (Fsp3) is 0.263. The highest BCUT2D eigenvalue weighted by molar-refractivity contribution is 7.89. The van der Waals surface area contributed by atoms with Crippen molar-refractivity contribution < 1.29 is 35.9 Å². The van der Waals surface area contributed by atoms with Gasteiger partial charge in [0, 0.05) is 5.02 Å². The molecule has 0 radical (unpaired) electrons. The molecule has 0 heterocycles. The first-order valence-corrected chi connectivity index (χ1v) is 10.6. The van der Waals surface area contributed by atoms with E-state index < -0.39 is 57.7 Å². The molecule has 168 valence electrons. The van der Waals surface area contributed by atoms with E-state index in [0.717, 1.165) is 23.8 Å². The lowest BCUT2D eigenvalue weighted by atomic mass is 10.1. The van der Waals surface area contributed by atoms with Crippen LogP contribution in [0.4, 0.5) is 13.2 Å². The van der Waals surface area contributed by atoms with E-state index in [1.165, 1.54) is 0 Å². The maximum Gasteiger partial charge on any atom is 0.416 e. The lowest BCUT2D eigenvalue weighted by Gasteiger charge is -2.14. The van der Waals surface area contributed by atoms with Gasteiger partial charge in [0.25, 0.3) is 5.91 Å². The lowest BCUT2D eigenvalue weighted by molar-refractivity contribution is -0.147. The molecular weight excluding hydrogens is 461 g/mol. The summed E-state index contributed by atoms with van der Waals surface area (Å²) in [5, 5.41) is 3.12. The topological polar surface area (TPSA) is 102 Å². The largest absolute Gasteiger partial charge is 0.455 e. The van der Waals surface area contributed by atoms with Gasteiger partial charge in [-0.1, -0.05) is 29.8 Å². The Hall–Kier alpha value is -2.63. The molecule has 2 aromatic rings. The summed E-state index contributed by atoms with van der Waals surface area (Å²) in [7, 11) is -4.40. The number of nitrogens with one attached hydrogen (secondary N) is 2. The van der Waals surface area contributed by atoms with Crippen LogP contribution in [0, 0.1) is 0 Å². The zero-order valence-electron chi connectivity index (χ0n) is 16.1. The number of carbonyl (C=O) groups excluding carboxylic acids is 2. The van der Waals surface area contributed by atoms with E-state index in [-0.39, 0.29) is 0 Å². The Morgan fingerprint density at radius 3 is 2.39 bits per heavy atom. The summed E-state index contributed by atoms with van der Waals surface area (Å²) in [6, 6.07) is 9.37. The van der Waals surface area contributed by atoms with Crippen LogP contribution >= 0.6 is 11.6 Å². The van der Waals surface area contributed by atoms with Crippen molar-refractivity contribution in [1.82, 2.24) is 10.0 Å². The van der Waals surface area contributed by atoms with Crippen molar-refractivity contribution in [2.75, 3.05) is 13.2 Å². The number of alkyl halides is 3. The first kappa shape index (κ1) is 24.6. The summed E-state index contributed by atoms with van der Waals surface area (Å²) < 4.78 is 68.9. The van der Waals surface area contributed by atoms with Gasteiger partial charge in [-0.2, -0.15) is 17.9 Å². The number of amides is 1. The van der Waals surface area contributed by atoms with Crippen LogP contribution in [0.3, 0.4) is 0 Å². The van der Waals surface area contributed by atoms with E-state index in [1.54, 1.807) is 31.2 Å². The highest BCUT2D eigenvalue weighted by Gasteiger charge is 2.31. The van der Waals surface area contributed by atoms with Gasteiger partial charge in [-0.3, -0.25) is 9.59 Å². The SMILES string of the molecule is CC(NC(=O)COC(=O)CNS(=O)(=O)c1cccc(C(F)(F)F)c1)c1ccc(Cl)cc1. The van der Waals surface area contributed by atoms with E-state index in [1.807, 2.05) is 4.72 Å². The van der Waals surface area contributed by atoms with Gasteiger partial charge in [0.15, 0.2) is 6.61 Å². The minimum Gasteiger partial charge on any atom is -0.455 e. The Kier molecular flexibility index (Phi) is 8.04. The molecule has 7 nitrogen and oxygen atoms in total. The summed E-state index contributed by atoms with van der Waals surface area (Å²) in [6.45, 7) is 0.173. The van der Waals surface area contributed by atoms with Crippen LogP contribution in [0.5, 0.6) is 0 Å². The van der Waals surface area contributed by atoms with Crippen LogP contribution in [0.15, 0.2) is 53.4 Å². The number of benzene rings is 2. The second-order valence-electron chi connectivity index (χ2n) is 6.35. The summed E-state index contributed by atoms with van der Waals surface area (Å²) in [4.78, 5) is 23.0. The van der Waals surface area contributed by atoms with Crippen molar-refractivity contribution in [3.63, 3.8) is 0 Å². The van der Waals surface area contributed by atoms with Crippen LogP contribution in [0.25, 0.3) is 0 Å². The van der Waals surface area contributed by atoms with Gasteiger partial charge in [0.2, 0.25) is 10.0 Å². The Labute approximate surface area is 181 Å². The number of carbonyl (C=O) groups is 2. The normalized spacial score (nSPS) is 12.8. The van der Waals surface area contributed by atoms with Gasteiger partial charge in [-0.05, 0) is 42.8 Å². The van der Waals surface area contributed by atoms with E-state index in [0.29, 0.717) is 11.1 Å². The predicted molar refractivity (Wildman–Crippen MR) is 106 cm³/mol. The summed E-state index contributed by atoms with van der Waals surface area (Å²) >= 11 is 5.79. The van der Waals surface area contributed by atoms with Crippen molar-refractivity contribution in [2.45, 2.75) is 24.0 Å². The third-order valence-electron chi connectivity index (χ3n) is 3.99. The highest BCUT2D eigenvalue weighted by Crippen LogP contribution is 2.30. The monoisotopic (exact) mass is 478 g/mol. The summed E-state index contributed by atoms with van der Waals surface area (Å²) in [6.07, 6.45) is -4.72. The standard InChI is InChI=1S/C19H18ClF3N2O5S/c1-12(13-5-7-15(20)8-6-13)25-17(26)11-30-18(27)10-24-31(28,29)16-4-2-3-14(9-16)19(21,22)23/h2-9,12,24H,10-11H2,1H3,(H,25,26). The molecule has 0 bridgehead atoms. The van der Waals surface area contributed by atoms with Crippen LogP contribution < -0.4 is 10.0 Å². The molecule has 1 atom stereocenters. The fourth-order valence-corrected chi connectivity index (χ4v) is 3.53. The molecule has 0 aliphatic heterocycles. The highest BCUT2D eigenvalue weighted by atomic mass is 35.5. The van der Waals surface area contributed by atoms with Crippen LogP contribution in [0.2, 0.25) is 5.02 Å². The van der Waals surface area contributed by atoms with E-state index in [9.17, 15) is 31.2 Å². The van der Waals surface area contributed by atoms with Crippen LogP contribution in [-0.2, 0) is 30.5 Å². The number of hydrogen-bond donors (Lipinski definition) is 2. The second-order valence-corrected chi connectivity index (χ2v) is 8.55.